The number of hydrogen-bond acceptors (Lipinski definition) is 3. The van der Waals surface area contributed by atoms with Crippen LogP contribution in [0.2, 0.25) is 0 Å². The molecule has 0 fully saturated rings. The Morgan fingerprint density at radius 1 is 1.11 bits per heavy atom. The monoisotopic (exact) mass is 365 g/mol. The van der Waals surface area contributed by atoms with Gasteiger partial charge in [-0.25, -0.2) is 0 Å². The summed E-state index contributed by atoms with van der Waals surface area (Å²) in [5.41, 5.74) is 4.77. The van der Waals surface area contributed by atoms with Crippen molar-refractivity contribution in [2.45, 2.75) is 39.8 Å². The Hall–Kier alpha value is -2.95. The van der Waals surface area contributed by atoms with E-state index in [0.29, 0.717) is 6.54 Å². The molecule has 5 heteroatoms. The summed E-state index contributed by atoms with van der Waals surface area (Å²) in [6, 6.07) is 13.8. The minimum atomic E-state index is -0.737. The summed E-state index contributed by atoms with van der Waals surface area (Å²) in [5.74, 6) is 0.730. The quantitative estimate of drug-likeness (QED) is 0.610. The molecular weight excluding hydrogens is 338 g/mol. The summed E-state index contributed by atoms with van der Waals surface area (Å²) < 4.78 is 5.17. The highest BCUT2D eigenvalue weighted by molar-refractivity contribution is 5.89. The fraction of sp³-hybridized carbons (Fsp3) is 0.318. The summed E-state index contributed by atoms with van der Waals surface area (Å²) in [6.07, 6.45) is 0. The lowest BCUT2D eigenvalue weighted by Gasteiger charge is -2.26. The van der Waals surface area contributed by atoms with Gasteiger partial charge in [0.05, 0.1) is 7.11 Å². The van der Waals surface area contributed by atoms with Crippen molar-refractivity contribution < 1.29 is 9.53 Å². The van der Waals surface area contributed by atoms with Gasteiger partial charge in [-0.2, -0.15) is 0 Å². The lowest BCUT2D eigenvalue weighted by Crippen LogP contribution is -2.47. The molecule has 1 aromatic heterocycles. The molecule has 1 amide bonds. The van der Waals surface area contributed by atoms with Crippen molar-refractivity contribution in [3.05, 3.63) is 59.3 Å². The second-order valence-electron chi connectivity index (χ2n) is 7.42. The fourth-order valence-electron chi connectivity index (χ4n) is 3.11. The van der Waals surface area contributed by atoms with Crippen LogP contribution in [0.15, 0.2) is 42.5 Å². The molecule has 27 heavy (non-hydrogen) atoms. The Morgan fingerprint density at radius 2 is 1.81 bits per heavy atom. The largest absolute Gasteiger partial charge is 0.497 e. The van der Waals surface area contributed by atoms with Crippen LogP contribution in [0, 0.1) is 13.8 Å². The van der Waals surface area contributed by atoms with Crippen LogP contribution in [0.1, 0.15) is 30.7 Å². The van der Waals surface area contributed by atoms with E-state index in [0.717, 1.165) is 22.5 Å². The number of methoxy groups -OCH3 is 1. The van der Waals surface area contributed by atoms with Gasteiger partial charge in [-0.15, -0.1) is 0 Å². The number of fused-ring (bicyclic) bond motifs is 1. The van der Waals surface area contributed by atoms with Crippen LogP contribution in [0.25, 0.3) is 10.9 Å². The molecule has 142 valence electrons. The van der Waals surface area contributed by atoms with E-state index in [1.807, 2.05) is 44.2 Å². The maximum absolute atomic E-state index is 12.7. The number of carbonyl (C=O) groups is 1. The second-order valence-corrected chi connectivity index (χ2v) is 7.42. The standard InChI is InChI=1S/C22H27N3O2/c1-14-15(2)24-20-11-6-16(12-19(14)20)13-23-21(26)22(3,4)25-17-7-9-18(27-5)10-8-17/h6-12,24-25H,13H2,1-5H3,(H,23,26). The summed E-state index contributed by atoms with van der Waals surface area (Å²) in [5, 5.41) is 7.52. The number of anilines is 1. The van der Waals surface area contributed by atoms with Crippen molar-refractivity contribution in [3.8, 4) is 5.75 Å². The van der Waals surface area contributed by atoms with E-state index in [-0.39, 0.29) is 5.91 Å². The first-order valence-electron chi connectivity index (χ1n) is 9.08. The minimum absolute atomic E-state index is 0.0552. The average Bonchev–Trinajstić information content (AvgIpc) is 2.94. The number of rotatable bonds is 6. The molecule has 0 spiro atoms. The number of hydrogen-bond donors (Lipinski definition) is 3. The molecule has 5 nitrogen and oxygen atoms in total. The zero-order valence-corrected chi connectivity index (χ0v) is 16.6. The highest BCUT2D eigenvalue weighted by Crippen LogP contribution is 2.23. The van der Waals surface area contributed by atoms with E-state index < -0.39 is 5.54 Å². The number of carbonyl (C=O) groups excluding carboxylic acids is 1. The Labute approximate surface area is 160 Å². The topological polar surface area (TPSA) is 66.2 Å². The third-order valence-electron chi connectivity index (χ3n) is 4.94. The van der Waals surface area contributed by atoms with Crippen molar-refractivity contribution >= 4 is 22.5 Å². The first kappa shape index (κ1) is 18.8. The van der Waals surface area contributed by atoms with Crippen LogP contribution in [-0.4, -0.2) is 23.5 Å². The first-order valence-corrected chi connectivity index (χ1v) is 9.08. The lowest BCUT2D eigenvalue weighted by molar-refractivity contribution is -0.124. The number of aromatic amines is 1. The van der Waals surface area contributed by atoms with Crippen molar-refractivity contribution in [1.82, 2.24) is 10.3 Å². The van der Waals surface area contributed by atoms with Crippen molar-refractivity contribution in [3.63, 3.8) is 0 Å². The van der Waals surface area contributed by atoms with Gasteiger partial charge in [0.1, 0.15) is 11.3 Å². The first-order chi connectivity index (χ1) is 12.8. The van der Waals surface area contributed by atoms with E-state index in [2.05, 4.69) is 41.6 Å². The number of nitrogens with one attached hydrogen (secondary N) is 3. The van der Waals surface area contributed by atoms with Crippen LogP contribution in [0.5, 0.6) is 5.75 Å². The van der Waals surface area contributed by atoms with Crippen LogP contribution in [0.4, 0.5) is 5.69 Å². The van der Waals surface area contributed by atoms with Gasteiger partial charge in [0.25, 0.3) is 0 Å². The molecule has 2 aromatic carbocycles. The molecule has 0 saturated carbocycles. The number of aryl methyl sites for hydroxylation is 2. The number of ether oxygens (including phenoxy) is 1. The van der Waals surface area contributed by atoms with Crippen molar-refractivity contribution in [2.24, 2.45) is 0 Å². The van der Waals surface area contributed by atoms with Gasteiger partial charge in [0.2, 0.25) is 5.91 Å². The SMILES string of the molecule is COc1ccc(NC(C)(C)C(=O)NCc2ccc3[nH]c(C)c(C)c3c2)cc1. The Morgan fingerprint density at radius 3 is 2.48 bits per heavy atom. The maximum atomic E-state index is 12.7. The second kappa shape index (κ2) is 7.35. The van der Waals surface area contributed by atoms with E-state index in [9.17, 15) is 4.79 Å². The van der Waals surface area contributed by atoms with Gasteiger partial charge in [-0.05, 0) is 75.2 Å². The molecule has 0 aliphatic rings. The smallest absolute Gasteiger partial charge is 0.245 e. The Bertz CT molecular complexity index is 956. The van der Waals surface area contributed by atoms with Crippen LogP contribution < -0.4 is 15.4 Å². The van der Waals surface area contributed by atoms with Gasteiger partial charge in [0, 0.05) is 28.8 Å². The molecule has 3 rings (SSSR count). The number of benzene rings is 2. The van der Waals surface area contributed by atoms with Crippen LogP contribution in [0.3, 0.4) is 0 Å². The predicted octanol–water partition coefficient (Wildman–Crippen LogP) is 4.30. The summed E-state index contributed by atoms with van der Waals surface area (Å²) >= 11 is 0. The van der Waals surface area contributed by atoms with Crippen LogP contribution in [-0.2, 0) is 11.3 Å². The summed E-state index contributed by atoms with van der Waals surface area (Å²) in [7, 11) is 1.63. The molecule has 1 heterocycles. The molecule has 0 unspecified atom stereocenters. The molecule has 0 aliphatic carbocycles. The number of aromatic nitrogens is 1. The van der Waals surface area contributed by atoms with E-state index in [4.69, 9.17) is 4.74 Å². The van der Waals surface area contributed by atoms with E-state index in [1.54, 1.807) is 7.11 Å². The molecule has 0 aliphatic heterocycles. The minimum Gasteiger partial charge on any atom is -0.497 e. The normalized spacial score (nSPS) is 11.4. The van der Waals surface area contributed by atoms with Gasteiger partial charge in [0.15, 0.2) is 0 Å². The van der Waals surface area contributed by atoms with Crippen molar-refractivity contribution in [2.75, 3.05) is 12.4 Å². The van der Waals surface area contributed by atoms with Gasteiger partial charge in [-0.1, -0.05) is 6.07 Å². The molecule has 0 bridgehead atoms. The average molecular weight is 365 g/mol. The van der Waals surface area contributed by atoms with Gasteiger partial charge >= 0.3 is 0 Å². The molecule has 0 radical (unpaired) electrons. The lowest BCUT2D eigenvalue weighted by atomic mass is 10.0. The molecule has 0 atom stereocenters. The highest BCUT2D eigenvalue weighted by atomic mass is 16.5. The molecule has 3 aromatic rings. The van der Waals surface area contributed by atoms with Crippen LogP contribution >= 0.6 is 0 Å². The zero-order chi connectivity index (χ0) is 19.6. The van der Waals surface area contributed by atoms with E-state index in [1.165, 1.54) is 16.6 Å². The zero-order valence-electron chi connectivity index (χ0n) is 16.6. The fourth-order valence-corrected chi connectivity index (χ4v) is 3.11. The van der Waals surface area contributed by atoms with Gasteiger partial charge < -0.3 is 20.4 Å². The summed E-state index contributed by atoms with van der Waals surface area (Å²) in [4.78, 5) is 16.1. The molecule has 0 saturated heterocycles. The number of amides is 1. The predicted molar refractivity (Wildman–Crippen MR) is 110 cm³/mol. The highest BCUT2D eigenvalue weighted by Gasteiger charge is 2.27. The molecular formula is C22H27N3O2. The number of H-pyrrole nitrogens is 1. The Balaban J connectivity index is 1.65. The summed E-state index contributed by atoms with van der Waals surface area (Å²) in [6.45, 7) is 8.42. The molecule has 3 N–H and O–H groups in total. The third kappa shape index (κ3) is 4.08. The Kier molecular flexibility index (Phi) is 5.13. The third-order valence-corrected chi connectivity index (χ3v) is 4.94. The van der Waals surface area contributed by atoms with Crippen molar-refractivity contribution in [1.29, 1.82) is 0 Å². The van der Waals surface area contributed by atoms with E-state index >= 15 is 0 Å². The maximum Gasteiger partial charge on any atom is 0.245 e. The van der Waals surface area contributed by atoms with Gasteiger partial charge in [-0.3, -0.25) is 4.79 Å².